The number of carbonyl (C=O) groups is 1. The van der Waals surface area contributed by atoms with Gasteiger partial charge in [0.15, 0.2) is 0 Å². The molecule has 0 radical (unpaired) electrons. The van der Waals surface area contributed by atoms with Gasteiger partial charge in [0.2, 0.25) is 0 Å². The van der Waals surface area contributed by atoms with E-state index in [1.807, 2.05) is 0 Å². The van der Waals surface area contributed by atoms with E-state index in [0.29, 0.717) is 0 Å². The highest BCUT2D eigenvalue weighted by Crippen LogP contribution is 2.28. The Morgan fingerprint density at radius 1 is 1.62 bits per heavy atom. The third kappa shape index (κ3) is 2.16. The third-order valence-electron chi connectivity index (χ3n) is 2.22. The molecule has 0 unspecified atom stereocenters. The molecule has 4 nitrogen and oxygen atoms in total. The van der Waals surface area contributed by atoms with Crippen molar-refractivity contribution in [2.45, 2.75) is 19.9 Å². The van der Waals surface area contributed by atoms with E-state index in [9.17, 15) is 13.6 Å². The van der Waals surface area contributed by atoms with Crippen LogP contribution in [0.2, 0.25) is 0 Å². The van der Waals surface area contributed by atoms with Crippen LogP contribution in [0, 0.1) is 6.92 Å². The number of carbonyl (C=O) groups excluding carboxylic acids is 1. The number of halogens is 2. The number of nitrogens with two attached hydrogens (primary N) is 1. The van der Waals surface area contributed by atoms with Crippen LogP contribution in [-0.4, -0.2) is 18.1 Å². The number of rotatable bonds is 3. The van der Waals surface area contributed by atoms with E-state index < -0.39 is 12.4 Å². The topological polar surface area (TPSA) is 65.2 Å². The van der Waals surface area contributed by atoms with Crippen LogP contribution in [0.1, 0.15) is 33.6 Å². The molecule has 2 N–H and O–H groups in total. The smallest absolute Gasteiger partial charge is 0.340 e. The summed E-state index contributed by atoms with van der Waals surface area (Å²) in [5.74, 6) is -0.824. The average Bonchev–Trinajstić information content (AvgIpc) is 2.27. The Morgan fingerprint density at radius 3 is 2.69 bits per heavy atom. The zero-order valence-corrected chi connectivity index (χ0v) is 8.96. The Kier molecular flexibility index (Phi) is 3.89. The Balaban J connectivity index is 3.48. The summed E-state index contributed by atoms with van der Waals surface area (Å²) >= 11 is 0. The SMILES string of the molecule is COC(=O)c1c(C)ncc(CN)c1C(F)F. The zero-order valence-electron chi connectivity index (χ0n) is 8.96. The highest BCUT2D eigenvalue weighted by molar-refractivity contribution is 5.92. The Bertz CT molecular complexity index is 408. The first kappa shape index (κ1) is 12.5. The lowest BCUT2D eigenvalue weighted by atomic mass is 10.0. The van der Waals surface area contributed by atoms with Gasteiger partial charge in [0.1, 0.15) is 0 Å². The number of ether oxygens (including phenoxy) is 1. The van der Waals surface area contributed by atoms with Crippen molar-refractivity contribution < 1.29 is 18.3 Å². The molecule has 1 aromatic heterocycles. The first-order valence-corrected chi connectivity index (χ1v) is 4.57. The summed E-state index contributed by atoms with van der Waals surface area (Å²) in [7, 11) is 1.13. The maximum atomic E-state index is 12.9. The molecule has 0 aliphatic rings. The van der Waals surface area contributed by atoms with Gasteiger partial charge in [-0.05, 0) is 12.5 Å². The summed E-state index contributed by atoms with van der Waals surface area (Å²) in [6, 6.07) is 0. The van der Waals surface area contributed by atoms with Crippen LogP contribution in [0.4, 0.5) is 8.78 Å². The number of pyridine rings is 1. The number of nitrogens with zero attached hydrogens (tertiary/aromatic N) is 1. The number of aromatic nitrogens is 1. The molecule has 0 atom stereocenters. The van der Waals surface area contributed by atoms with Crippen molar-refractivity contribution in [3.8, 4) is 0 Å². The summed E-state index contributed by atoms with van der Waals surface area (Å²) in [6.45, 7) is 1.37. The number of aryl methyl sites for hydroxylation is 1. The van der Waals surface area contributed by atoms with E-state index in [2.05, 4.69) is 9.72 Å². The fourth-order valence-corrected chi connectivity index (χ4v) is 1.44. The van der Waals surface area contributed by atoms with E-state index in [1.54, 1.807) is 0 Å². The molecule has 1 heterocycles. The number of alkyl halides is 2. The van der Waals surface area contributed by atoms with Crippen LogP contribution >= 0.6 is 0 Å². The zero-order chi connectivity index (χ0) is 12.3. The fraction of sp³-hybridized carbons (Fsp3) is 0.400. The minimum absolute atomic E-state index is 0.100. The highest BCUT2D eigenvalue weighted by atomic mass is 19.3. The van der Waals surface area contributed by atoms with Crippen molar-refractivity contribution in [1.29, 1.82) is 0 Å². The first-order valence-electron chi connectivity index (χ1n) is 4.57. The molecule has 1 aromatic rings. The highest BCUT2D eigenvalue weighted by Gasteiger charge is 2.25. The Morgan fingerprint density at radius 2 is 2.25 bits per heavy atom. The van der Waals surface area contributed by atoms with Gasteiger partial charge in [0.25, 0.3) is 6.43 Å². The first-order chi connectivity index (χ1) is 7.52. The summed E-state index contributed by atoms with van der Waals surface area (Å²) in [5.41, 5.74) is 5.10. The minimum atomic E-state index is -2.78. The van der Waals surface area contributed by atoms with Crippen LogP contribution in [-0.2, 0) is 11.3 Å². The number of esters is 1. The van der Waals surface area contributed by atoms with Gasteiger partial charge in [0.05, 0.1) is 18.4 Å². The van der Waals surface area contributed by atoms with Gasteiger partial charge < -0.3 is 10.5 Å². The van der Waals surface area contributed by atoms with Crippen LogP contribution in [0.25, 0.3) is 0 Å². The molecule has 0 aliphatic carbocycles. The molecule has 0 spiro atoms. The summed E-state index contributed by atoms with van der Waals surface area (Å²) in [5, 5.41) is 0. The van der Waals surface area contributed by atoms with Gasteiger partial charge in [-0.25, -0.2) is 13.6 Å². The Hall–Kier alpha value is -1.56. The van der Waals surface area contributed by atoms with Gasteiger partial charge in [0, 0.05) is 18.3 Å². The van der Waals surface area contributed by atoms with Crippen molar-refractivity contribution in [2.75, 3.05) is 7.11 Å². The van der Waals surface area contributed by atoms with E-state index in [-0.39, 0.29) is 28.9 Å². The molecule has 0 fully saturated rings. The lowest BCUT2D eigenvalue weighted by molar-refractivity contribution is 0.0587. The molecule has 1 rings (SSSR count). The molecule has 0 saturated carbocycles. The standard InChI is InChI=1S/C10H12F2N2O2/c1-5-7(10(15)16-2)8(9(11)12)6(3-13)4-14-5/h4,9H,3,13H2,1-2H3. The van der Waals surface area contributed by atoms with Gasteiger partial charge in [-0.2, -0.15) is 0 Å². The molecule has 16 heavy (non-hydrogen) atoms. The molecule has 0 amide bonds. The second-order valence-electron chi connectivity index (χ2n) is 3.15. The molecule has 6 heteroatoms. The molecule has 88 valence electrons. The molecular weight excluding hydrogens is 218 g/mol. The number of hydrogen-bond acceptors (Lipinski definition) is 4. The maximum absolute atomic E-state index is 12.9. The van der Waals surface area contributed by atoms with E-state index in [1.165, 1.54) is 13.1 Å². The normalized spacial score (nSPS) is 10.6. The van der Waals surface area contributed by atoms with Crippen LogP contribution in [0.15, 0.2) is 6.20 Å². The second kappa shape index (κ2) is 4.98. The Labute approximate surface area is 91.4 Å². The maximum Gasteiger partial charge on any atom is 0.340 e. The molecule has 0 saturated heterocycles. The van der Waals surface area contributed by atoms with Gasteiger partial charge in [-0.1, -0.05) is 0 Å². The summed E-state index contributed by atoms with van der Waals surface area (Å²) in [4.78, 5) is 15.2. The van der Waals surface area contributed by atoms with Crippen LogP contribution < -0.4 is 5.73 Å². The lowest BCUT2D eigenvalue weighted by Gasteiger charge is -2.13. The van der Waals surface area contributed by atoms with Crippen molar-refractivity contribution in [3.63, 3.8) is 0 Å². The van der Waals surface area contributed by atoms with Gasteiger partial charge >= 0.3 is 5.97 Å². The molecule has 0 aliphatic heterocycles. The van der Waals surface area contributed by atoms with Crippen molar-refractivity contribution in [2.24, 2.45) is 5.73 Å². The number of methoxy groups -OCH3 is 1. The lowest BCUT2D eigenvalue weighted by Crippen LogP contribution is -2.14. The minimum Gasteiger partial charge on any atom is -0.465 e. The molecular formula is C10H12F2N2O2. The summed E-state index contributed by atoms with van der Waals surface area (Å²) in [6.07, 6.45) is -1.53. The molecule has 0 aromatic carbocycles. The van der Waals surface area contributed by atoms with Crippen LogP contribution in [0.3, 0.4) is 0 Å². The third-order valence-corrected chi connectivity index (χ3v) is 2.22. The largest absolute Gasteiger partial charge is 0.465 e. The van der Waals surface area contributed by atoms with Gasteiger partial charge in [-0.15, -0.1) is 0 Å². The van der Waals surface area contributed by atoms with Crippen molar-refractivity contribution in [3.05, 3.63) is 28.6 Å². The fourth-order valence-electron chi connectivity index (χ4n) is 1.44. The van der Waals surface area contributed by atoms with Gasteiger partial charge in [-0.3, -0.25) is 4.98 Å². The second-order valence-corrected chi connectivity index (χ2v) is 3.15. The van der Waals surface area contributed by atoms with Crippen molar-refractivity contribution >= 4 is 5.97 Å². The predicted octanol–water partition coefficient (Wildman–Crippen LogP) is 1.57. The summed E-state index contributed by atoms with van der Waals surface area (Å²) < 4.78 is 30.2. The van der Waals surface area contributed by atoms with E-state index in [4.69, 9.17) is 5.73 Å². The van der Waals surface area contributed by atoms with Crippen LogP contribution in [0.5, 0.6) is 0 Å². The number of hydrogen-bond donors (Lipinski definition) is 1. The monoisotopic (exact) mass is 230 g/mol. The van der Waals surface area contributed by atoms with E-state index in [0.717, 1.165) is 7.11 Å². The van der Waals surface area contributed by atoms with E-state index >= 15 is 0 Å². The quantitative estimate of drug-likeness (QED) is 0.800. The average molecular weight is 230 g/mol. The molecule has 0 bridgehead atoms. The predicted molar refractivity (Wildman–Crippen MR) is 53.2 cm³/mol. The van der Waals surface area contributed by atoms with Crippen molar-refractivity contribution in [1.82, 2.24) is 4.98 Å².